The zero-order valence-corrected chi connectivity index (χ0v) is 15.3. The first kappa shape index (κ1) is 18.4. The van der Waals surface area contributed by atoms with Crippen molar-refractivity contribution in [3.05, 3.63) is 72.4 Å². The molecule has 0 aliphatic rings. The third kappa shape index (κ3) is 5.28. The maximum atomic E-state index is 12.1. The van der Waals surface area contributed by atoms with E-state index in [0.29, 0.717) is 12.5 Å². The summed E-state index contributed by atoms with van der Waals surface area (Å²) in [7, 11) is 0. The van der Waals surface area contributed by atoms with Crippen molar-refractivity contribution in [3.63, 3.8) is 0 Å². The molecule has 6 nitrogen and oxygen atoms in total. The van der Waals surface area contributed by atoms with Crippen LogP contribution in [0.25, 0.3) is 11.3 Å². The summed E-state index contributed by atoms with van der Waals surface area (Å²) in [5, 5.41) is 10.1. The maximum absolute atomic E-state index is 12.1. The predicted octanol–water partition coefficient (Wildman–Crippen LogP) is 4.35. The van der Waals surface area contributed by atoms with Crippen molar-refractivity contribution < 1.29 is 4.79 Å². The predicted molar refractivity (Wildman–Crippen MR) is 109 cm³/mol. The van der Waals surface area contributed by atoms with E-state index >= 15 is 0 Å². The van der Waals surface area contributed by atoms with E-state index in [-0.39, 0.29) is 6.03 Å². The van der Waals surface area contributed by atoms with Gasteiger partial charge in [0.15, 0.2) is 0 Å². The number of benzene rings is 2. The van der Waals surface area contributed by atoms with Crippen LogP contribution in [0.5, 0.6) is 0 Å². The lowest BCUT2D eigenvalue weighted by molar-refractivity contribution is 0.251. The molecule has 2 N–H and O–H groups in total. The first-order chi connectivity index (χ1) is 13.3. The molecule has 0 fully saturated rings. The van der Waals surface area contributed by atoms with Gasteiger partial charge < -0.3 is 5.32 Å². The van der Waals surface area contributed by atoms with E-state index in [2.05, 4.69) is 27.6 Å². The van der Waals surface area contributed by atoms with Crippen LogP contribution < -0.4 is 10.6 Å². The molecule has 1 aromatic heterocycles. The molecule has 2 amide bonds. The Bertz CT molecular complexity index is 887. The quantitative estimate of drug-likeness (QED) is 0.485. The maximum Gasteiger partial charge on any atom is 0.321 e. The summed E-state index contributed by atoms with van der Waals surface area (Å²) >= 11 is 0. The number of hydrogen-bond acceptors (Lipinski definition) is 3. The molecule has 0 atom stereocenters. The van der Waals surface area contributed by atoms with Crippen molar-refractivity contribution >= 4 is 18.2 Å². The molecule has 0 radical (unpaired) electrons. The van der Waals surface area contributed by atoms with E-state index in [0.717, 1.165) is 29.7 Å². The smallest absolute Gasteiger partial charge is 0.321 e. The van der Waals surface area contributed by atoms with Crippen molar-refractivity contribution in [1.29, 1.82) is 0 Å². The van der Waals surface area contributed by atoms with Crippen molar-refractivity contribution in [1.82, 2.24) is 15.0 Å². The Labute approximate surface area is 159 Å². The Kier molecular flexibility index (Phi) is 6.35. The van der Waals surface area contributed by atoms with Crippen LogP contribution in [-0.4, -0.2) is 28.5 Å². The lowest BCUT2D eigenvalue weighted by atomic mass is 10.2. The fourth-order valence-corrected chi connectivity index (χ4v) is 2.48. The molecule has 0 saturated carbocycles. The number of imidazole rings is 1. The van der Waals surface area contributed by atoms with Crippen LogP contribution in [0.3, 0.4) is 0 Å². The average Bonchev–Trinajstić information content (AvgIpc) is 3.11. The summed E-state index contributed by atoms with van der Waals surface area (Å²) in [5.74, 6) is 0.370. The lowest BCUT2D eigenvalue weighted by Crippen LogP contribution is -2.30. The molecule has 0 aliphatic carbocycles. The molecule has 27 heavy (non-hydrogen) atoms. The second-order valence-electron chi connectivity index (χ2n) is 6.05. The number of carbonyl (C=O) groups excluding carboxylic acids is 1. The van der Waals surface area contributed by atoms with Gasteiger partial charge in [-0.25, -0.2) is 14.5 Å². The first-order valence-corrected chi connectivity index (χ1v) is 9.05. The standard InChI is InChI=1S/C21H23N5O/c1-2-3-14-22-21(27)25-20-24-19(18-12-8-5-9-13-18)16-26(20)23-15-17-10-6-4-7-11-17/h4-13,15-16H,2-3,14H2,1H3,(H2,22,24,25,27)/b23-15-. The number of urea groups is 1. The van der Waals surface area contributed by atoms with Gasteiger partial charge in [-0.15, -0.1) is 0 Å². The Morgan fingerprint density at radius 3 is 2.52 bits per heavy atom. The average molecular weight is 361 g/mol. The van der Waals surface area contributed by atoms with E-state index in [1.54, 1.807) is 17.1 Å². The van der Waals surface area contributed by atoms with Gasteiger partial charge in [0, 0.05) is 12.1 Å². The van der Waals surface area contributed by atoms with Crippen LogP contribution in [0, 0.1) is 0 Å². The van der Waals surface area contributed by atoms with Gasteiger partial charge in [-0.2, -0.15) is 5.10 Å². The lowest BCUT2D eigenvalue weighted by Gasteiger charge is -2.06. The summed E-state index contributed by atoms with van der Waals surface area (Å²) in [4.78, 5) is 16.7. The van der Waals surface area contributed by atoms with Gasteiger partial charge >= 0.3 is 6.03 Å². The SMILES string of the molecule is CCCCNC(=O)Nc1nc(-c2ccccc2)cn1/N=C\c1ccccc1. The second kappa shape index (κ2) is 9.33. The van der Waals surface area contributed by atoms with E-state index in [1.807, 2.05) is 60.7 Å². The number of unbranched alkanes of at least 4 members (excludes halogenated alkanes) is 1. The molecular formula is C21H23N5O. The monoisotopic (exact) mass is 361 g/mol. The van der Waals surface area contributed by atoms with Crippen molar-refractivity contribution in [3.8, 4) is 11.3 Å². The van der Waals surface area contributed by atoms with Crippen molar-refractivity contribution in [2.24, 2.45) is 5.10 Å². The van der Waals surface area contributed by atoms with E-state index in [9.17, 15) is 4.79 Å². The van der Waals surface area contributed by atoms with Gasteiger partial charge in [0.05, 0.1) is 18.1 Å². The van der Waals surface area contributed by atoms with Gasteiger partial charge in [-0.3, -0.25) is 5.32 Å². The highest BCUT2D eigenvalue weighted by molar-refractivity contribution is 5.88. The molecule has 6 heteroatoms. The molecule has 3 aromatic rings. The van der Waals surface area contributed by atoms with Crippen molar-refractivity contribution in [2.45, 2.75) is 19.8 Å². The van der Waals surface area contributed by atoms with Gasteiger partial charge in [-0.1, -0.05) is 74.0 Å². The number of hydrogen-bond donors (Lipinski definition) is 2. The molecule has 2 aromatic carbocycles. The molecule has 0 bridgehead atoms. The van der Waals surface area contributed by atoms with Gasteiger partial charge in [0.2, 0.25) is 5.95 Å². The number of anilines is 1. The number of nitrogens with one attached hydrogen (secondary N) is 2. The van der Waals surface area contributed by atoms with Gasteiger partial charge in [-0.05, 0) is 12.0 Å². The Hall–Kier alpha value is -3.41. The second-order valence-corrected chi connectivity index (χ2v) is 6.05. The highest BCUT2D eigenvalue weighted by Gasteiger charge is 2.11. The minimum Gasteiger partial charge on any atom is -0.338 e. The Morgan fingerprint density at radius 2 is 1.81 bits per heavy atom. The third-order valence-electron chi connectivity index (χ3n) is 3.93. The van der Waals surface area contributed by atoms with E-state index in [4.69, 9.17) is 0 Å². The molecule has 0 spiro atoms. The molecular weight excluding hydrogens is 338 g/mol. The van der Waals surface area contributed by atoms with E-state index < -0.39 is 0 Å². The van der Waals surface area contributed by atoms with E-state index in [1.165, 1.54) is 0 Å². The Balaban J connectivity index is 1.84. The normalized spacial score (nSPS) is 10.9. The molecule has 0 unspecified atom stereocenters. The van der Waals surface area contributed by atoms with Gasteiger partial charge in [0.25, 0.3) is 0 Å². The summed E-state index contributed by atoms with van der Waals surface area (Å²) in [6, 6.07) is 19.3. The fourth-order valence-electron chi connectivity index (χ4n) is 2.48. The Morgan fingerprint density at radius 1 is 1.11 bits per heavy atom. The number of aromatic nitrogens is 2. The minimum absolute atomic E-state index is 0.287. The van der Waals surface area contributed by atoms with Crippen LogP contribution in [-0.2, 0) is 0 Å². The molecule has 3 rings (SSSR count). The molecule has 0 aliphatic heterocycles. The molecule has 0 saturated heterocycles. The summed E-state index contributed by atoms with van der Waals surface area (Å²) in [5.41, 5.74) is 2.66. The van der Waals surface area contributed by atoms with Crippen LogP contribution >= 0.6 is 0 Å². The minimum atomic E-state index is -0.287. The zero-order valence-electron chi connectivity index (χ0n) is 15.3. The van der Waals surface area contributed by atoms with Crippen LogP contribution in [0.15, 0.2) is 72.0 Å². The summed E-state index contributed by atoms with van der Waals surface area (Å²) < 4.78 is 1.58. The van der Waals surface area contributed by atoms with Crippen LogP contribution in [0.1, 0.15) is 25.3 Å². The number of amides is 2. The highest BCUT2D eigenvalue weighted by atomic mass is 16.2. The topological polar surface area (TPSA) is 71.3 Å². The zero-order chi connectivity index (χ0) is 18.9. The first-order valence-electron chi connectivity index (χ1n) is 9.05. The van der Waals surface area contributed by atoms with Gasteiger partial charge in [0.1, 0.15) is 0 Å². The largest absolute Gasteiger partial charge is 0.338 e. The summed E-state index contributed by atoms with van der Waals surface area (Å²) in [6.07, 6.45) is 5.49. The van der Waals surface area contributed by atoms with Crippen molar-refractivity contribution in [2.75, 3.05) is 11.9 Å². The summed E-state index contributed by atoms with van der Waals surface area (Å²) in [6.45, 7) is 2.71. The number of carbonyl (C=O) groups is 1. The molecule has 138 valence electrons. The highest BCUT2D eigenvalue weighted by Crippen LogP contribution is 2.20. The third-order valence-corrected chi connectivity index (χ3v) is 3.93. The van der Waals surface area contributed by atoms with Crippen LogP contribution in [0.2, 0.25) is 0 Å². The van der Waals surface area contributed by atoms with Crippen LogP contribution in [0.4, 0.5) is 10.7 Å². The molecule has 1 heterocycles. The number of rotatable bonds is 7. The number of nitrogens with zero attached hydrogens (tertiary/aromatic N) is 3. The fraction of sp³-hybridized carbons (Fsp3) is 0.190.